The largest absolute Gasteiger partial charge is 0.453 e. The van der Waals surface area contributed by atoms with Crippen LogP contribution in [0.2, 0.25) is 0 Å². The van der Waals surface area contributed by atoms with Gasteiger partial charge in [0.1, 0.15) is 0 Å². The highest BCUT2D eigenvalue weighted by Crippen LogP contribution is 2.22. The van der Waals surface area contributed by atoms with E-state index in [1.54, 1.807) is 0 Å². The highest BCUT2D eigenvalue weighted by molar-refractivity contribution is 5.68. The number of piperidine rings is 1. The van der Waals surface area contributed by atoms with Gasteiger partial charge in [-0.3, -0.25) is 4.90 Å². The van der Waals surface area contributed by atoms with Crippen molar-refractivity contribution in [3.05, 3.63) is 0 Å². The van der Waals surface area contributed by atoms with Gasteiger partial charge in [-0.05, 0) is 40.2 Å². The minimum atomic E-state index is -0.226. The molecule has 0 aromatic rings. The quantitative estimate of drug-likeness (QED) is 0.721. The maximum atomic E-state index is 11.7. The van der Waals surface area contributed by atoms with Crippen molar-refractivity contribution in [3.8, 4) is 0 Å². The van der Waals surface area contributed by atoms with Gasteiger partial charge in [0, 0.05) is 18.1 Å². The van der Waals surface area contributed by atoms with E-state index in [0.29, 0.717) is 0 Å². The summed E-state index contributed by atoms with van der Waals surface area (Å²) >= 11 is 0. The van der Waals surface area contributed by atoms with Crippen LogP contribution < -0.4 is 5.32 Å². The van der Waals surface area contributed by atoms with Crippen LogP contribution in [0.1, 0.15) is 33.6 Å². The fraction of sp³-hybridized carbons (Fsp3) is 0.909. The first-order chi connectivity index (χ1) is 6.96. The lowest BCUT2D eigenvalue weighted by molar-refractivity contribution is 0.0491. The summed E-state index contributed by atoms with van der Waals surface area (Å²) in [6.07, 6.45) is 1.95. The van der Waals surface area contributed by atoms with E-state index in [1.807, 2.05) is 25.7 Å². The van der Waals surface area contributed by atoms with E-state index in [1.165, 1.54) is 7.11 Å². The fourth-order valence-corrected chi connectivity index (χ4v) is 2.12. The fourth-order valence-electron chi connectivity index (χ4n) is 2.12. The molecule has 0 bridgehead atoms. The molecule has 4 nitrogen and oxygen atoms in total. The van der Waals surface area contributed by atoms with Gasteiger partial charge in [0.25, 0.3) is 0 Å². The standard InChI is InChI=1S/C11H22N2O2/c1-11(2,3)13(10(14)15-4)9-6-5-7-12-8-9/h9,12H,5-8H2,1-4H3/t9-/m0/s1. The molecule has 4 heteroatoms. The highest BCUT2D eigenvalue weighted by Gasteiger charge is 2.34. The van der Waals surface area contributed by atoms with E-state index in [9.17, 15) is 4.79 Å². The molecule has 1 amide bonds. The Morgan fingerprint density at radius 2 is 2.13 bits per heavy atom. The van der Waals surface area contributed by atoms with E-state index in [0.717, 1.165) is 25.9 Å². The third kappa shape index (κ3) is 3.09. The highest BCUT2D eigenvalue weighted by atomic mass is 16.5. The molecule has 1 aliphatic heterocycles. The summed E-state index contributed by atoms with van der Waals surface area (Å²) in [7, 11) is 1.44. The second-order valence-electron chi connectivity index (χ2n) is 5.01. The second-order valence-corrected chi connectivity index (χ2v) is 5.01. The number of carbonyl (C=O) groups excluding carboxylic acids is 1. The molecule has 15 heavy (non-hydrogen) atoms. The topological polar surface area (TPSA) is 41.6 Å². The molecule has 1 atom stereocenters. The lowest BCUT2D eigenvalue weighted by Crippen LogP contribution is -2.56. The number of ether oxygens (including phenoxy) is 1. The Labute approximate surface area is 92.0 Å². The van der Waals surface area contributed by atoms with E-state index < -0.39 is 0 Å². The number of methoxy groups -OCH3 is 1. The van der Waals surface area contributed by atoms with Crippen LogP contribution in [0.5, 0.6) is 0 Å². The third-order valence-corrected chi connectivity index (χ3v) is 2.73. The molecular weight excluding hydrogens is 192 g/mol. The van der Waals surface area contributed by atoms with Gasteiger partial charge in [-0.1, -0.05) is 0 Å². The van der Waals surface area contributed by atoms with Gasteiger partial charge in [-0.2, -0.15) is 0 Å². The number of hydrogen-bond donors (Lipinski definition) is 1. The summed E-state index contributed by atoms with van der Waals surface area (Å²) < 4.78 is 4.85. The molecule has 1 N–H and O–H groups in total. The second kappa shape index (κ2) is 4.84. The molecule has 1 saturated heterocycles. The molecule has 0 aromatic carbocycles. The molecular formula is C11H22N2O2. The summed E-state index contributed by atoms with van der Waals surface area (Å²) in [6.45, 7) is 8.04. The smallest absolute Gasteiger partial charge is 0.410 e. The van der Waals surface area contributed by atoms with Gasteiger partial charge in [-0.15, -0.1) is 0 Å². The lowest BCUT2D eigenvalue weighted by Gasteiger charge is -2.42. The van der Waals surface area contributed by atoms with E-state index in [4.69, 9.17) is 4.74 Å². The van der Waals surface area contributed by atoms with Crippen molar-refractivity contribution in [2.75, 3.05) is 20.2 Å². The van der Waals surface area contributed by atoms with Crippen molar-refractivity contribution < 1.29 is 9.53 Å². The van der Waals surface area contributed by atoms with Crippen LogP contribution in [0.4, 0.5) is 4.79 Å². The van der Waals surface area contributed by atoms with Crippen LogP contribution >= 0.6 is 0 Å². The molecule has 0 spiro atoms. The normalized spacial score (nSPS) is 22.3. The van der Waals surface area contributed by atoms with E-state index in [2.05, 4.69) is 5.32 Å². The summed E-state index contributed by atoms with van der Waals surface area (Å²) in [5.74, 6) is 0. The number of hydrogen-bond acceptors (Lipinski definition) is 3. The summed E-state index contributed by atoms with van der Waals surface area (Å²) in [5, 5.41) is 3.32. The minimum absolute atomic E-state index is 0.184. The molecule has 0 radical (unpaired) electrons. The van der Waals surface area contributed by atoms with Gasteiger partial charge in [0.15, 0.2) is 0 Å². The first-order valence-corrected chi connectivity index (χ1v) is 5.55. The van der Waals surface area contributed by atoms with Crippen LogP contribution in [0.15, 0.2) is 0 Å². The maximum absolute atomic E-state index is 11.7. The van der Waals surface area contributed by atoms with Crippen LogP contribution in [-0.2, 0) is 4.74 Å². The zero-order valence-electron chi connectivity index (χ0n) is 10.2. The molecule has 1 heterocycles. The average Bonchev–Trinajstić information content (AvgIpc) is 2.17. The minimum Gasteiger partial charge on any atom is -0.453 e. The molecule has 0 aromatic heterocycles. The Balaban J connectivity index is 2.75. The Morgan fingerprint density at radius 3 is 2.53 bits per heavy atom. The van der Waals surface area contributed by atoms with Crippen molar-refractivity contribution >= 4 is 6.09 Å². The number of nitrogens with one attached hydrogen (secondary N) is 1. The lowest BCUT2D eigenvalue weighted by atomic mass is 9.99. The van der Waals surface area contributed by atoms with Crippen molar-refractivity contribution in [1.29, 1.82) is 0 Å². The molecule has 1 fully saturated rings. The third-order valence-electron chi connectivity index (χ3n) is 2.73. The summed E-state index contributed by atoms with van der Waals surface area (Å²) in [5.41, 5.74) is -0.184. The Hall–Kier alpha value is -0.770. The maximum Gasteiger partial charge on any atom is 0.410 e. The predicted octanol–water partition coefficient (Wildman–Crippen LogP) is 1.61. The van der Waals surface area contributed by atoms with Crippen LogP contribution in [0, 0.1) is 0 Å². The monoisotopic (exact) mass is 214 g/mol. The zero-order chi connectivity index (χ0) is 11.5. The predicted molar refractivity (Wildman–Crippen MR) is 59.9 cm³/mol. The SMILES string of the molecule is COC(=O)N([C@H]1CCCNC1)C(C)(C)C. The van der Waals surface area contributed by atoms with Gasteiger partial charge < -0.3 is 10.1 Å². The molecule has 1 aliphatic rings. The number of rotatable bonds is 1. The zero-order valence-corrected chi connectivity index (χ0v) is 10.2. The van der Waals surface area contributed by atoms with Gasteiger partial charge in [-0.25, -0.2) is 4.79 Å². The number of amides is 1. The van der Waals surface area contributed by atoms with E-state index in [-0.39, 0.29) is 17.7 Å². The van der Waals surface area contributed by atoms with Crippen molar-refractivity contribution in [2.24, 2.45) is 0 Å². The summed E-state index contributed by atoms with van der Waals surface area (Å²) in [6, 6.07) is 0.256. The van der Waals surface area contributed by atoms with E-state index >= 15 is 0 Å². The first kappa shape index (κ1) is 12.3. The van der Waals surface area contributed by atoms with Crippen LogP contribution in [-0.4, -0.2) is 42.8 Å². The average molecular weight is 214 g/mol. The van der Waals surface area contributed by atoms with Crippen molar-refractivity contribution in [2.45, 2.75) is 45.2 Å². The molecule has 0 aliphatic carbocycles. The molecule has 88 valence electrons. The van der Waals surface area contributed by atoms with Gasteiger partial charge in [0.05, 0.1) is 7.11 Å². The van der Waals surface area contributed by atoms with Gasteiger partial charge >= 0.3 is 6.09 Å². The Kier molecular flexibility index (Phi) is 3.97. The van der Waals surface area contributed by atoms with Crippen molar-refractivity contribution in [1.82, 2.24) is 10.2 Å². The Bertz CT molecular complexity index is 217. The van der Waals surface area contributed by atoms with Gasteiger partial charge in [0.2, 0.25) is 0 Å². The van der Waals surface area contributed by atoms with Crippen LogP contribution in [0.3, 0.4) is 0 Å². The summed E-state index contributed by atoms with van der Waals surface area (Å²) in [4.78, 5) is 13.6. The molecule has 0 unspecified atom stereocenters. The molecule has 1 rings (SSSR count). The number of carbonyl (C=O) groups is 1. The molecule has 0 saturated carbocycles. The number of nitrogens with zero attached hydrogens (tertiary/aromatic N) is 1. The van der Waals surface area contributed by atoms with Crippen LogP contribution in [0.25, 0.3) is 0 Å². The van der Waals surface area contributed by atoms with Crippen molar-refractivity contribution in [3.63, 3.8) is 0 Å². The Morgan fingerprint density at radius 1 is 1.47 bits per heavy atom. The first-order valence-electron chi connectivity index (χ1n) is 5.55.